The van der Waals surface area contributed by atoms with E-state index in [1.807, 2.05) is 17.9 Å². The first-order chi connectivity index (χ1) is 9.54. The van der Waals surface area contributed by atoms with E-state index in [9.17, 15) is 4.79 Å². The van der Waals surface area contributed by atoms with Crippen molar-refractivity contribution in [1.29, 1.82) is 5.26 Å². The molecule has 1 aromatic rings. The van der Waals surface area contributed by atoms with Crippen molar-refractivity contribution < 1.29 is 4.79 Å². The van der Waals surface area contributed by atoms with Gasteiger partial charge in [-0.2, -0.15) is 5.26 Å². The zero-order valence-electron chi connectivity index (χ0n) is 11.7. The van der Waals surface area contributed by atoms with Crippen LogP contribution in [0.3, 0.4) is 0 Å². The van der Waals surface area contributed by atoms with Gasteiger partial charge in [0.15, 0.2) is 0 Å². The van der Waals surface area contributed by atoms with Crippen molar-refractivity contribution in [3.05, 3.63) is 28.3 Å². The molecule has 0 N–H and O–H groups in total. The van der Waals surface area contributed by atoms with Gasteiger partial charge in [-0.05, 0) is 56.2 Å². The van der Waals surface area contributed by atoms with Crippen LogP contribution in [0.4, 0.5) is 5.69 Å². The highest BCUT2D eigenvalue weighted by Gasteiger charge is 2.45. The van der Waals surface area contributed by atoms with Gasteiger partial charge in [0.2, 0.25) is 5.91 Å². The van der Waals surface area contributed by atoms with Crippen LogP contribution in [-0.2, 0) is 4.79 Å². The van der Waals surface area contributed by atoms with Crippen LogP contribution in [0.1, 0.15) is 37.3 Å². The maximum atomic E-state index is 12.4. The fraction of sp³-hybridized carbons (Fsp3) is 0.500. The summed E-state index contributed by atoms with van der Waals surface area (Å²) in [5.74, 6) is 1.36. The number of hydrogen-bond donors (Lipinski definition) is 0. The number of amides is 1. The van der Waals surface area contributed by atoms with Crippen molar-refractivity contribution in [2.75, 3.05) is 4.90 Å². The molecule has 2 atom stereocenters. The average Bonchev–Trinajstić information content (AvgIpc) is 3.21. The number of carbonyl (C=O) groups excluding carboxylic acids is 1. The summed E-state index contributed by atoms with van der Waals surface area (Å²) in [7, 11) is 0. The van der Waals surface area contributed by atoms with E-state index in [0.29, 0.717) is 28.8 Å². The number of benzene rings is 1. The van der Waals surface area contributed by atoms with E-state index in [0.717, 1.165) is 11.3 Å². The Kier molecular flexibility index (Phi) is 3.22. The van der Waals surface area contributed by atoms with E-state index >= 15 is 0 Å². The van der Waals surface area contributed by atoms with Gasteiger partial charge in [0, 0.05) is 18.2 Å². The van der Waals surface area contributed by atoms with Gasteiger partial charge >= 0.3 is 0 Å². The number of rotatable bonds is 2. The lowest BCUT2D eigenvalue weighted by molar-refractivity contribution is -0.117. The van der Waals surface area contributed by atoms with Gasteiger partial charge in [-0.3, -0.25) is 4.79 Å². The topological polar surface area (TPSA) is 44.1 Å². The van der Waals surface area contributed by atoms with E-state index in [4.69, 9.17) is 16.9 Å². The summed E-state index contributed by atoms with van der Waals surface area (Å²) < 4.78 is 0. The van der Waals surface area contributed by atoms with Crippen molar-refractivity contribution >= 4 is 23.2 Å². The minimum absolute atomic E-state index is 0.179. The predicted molar refractivity (Wildman–Crippen MR) is 78.7 cm³/mol. The van der Waals surface area contributed by atoms with Gasteiger partial charge in [0.1, 0.15) is 6.07 Å². The zero-order valence-corrected chi connectivity index (χ0v) is 12.4. The first kappa shape index (κ1) is 13.5. The van der Waals surface area contributed by atoms with Gasteiger partial charge in [0.05, 0.1) is 10.6 Å². The molecule has 2 aliphatic rings. The zero-order chi connectivity index (χ0) is 14.4. The number of carbonyl (C=O) groups is 1. The van der Waals surface area contributed by atoms with E-state index < -0.39 is 0 Å². The summed E-state index contributed by atoms with van der Waals surface area (Å²) in [4.78, 5) is 14.2. The van der Waals surface area contributed by atoms with E-state index in [-0.39, 0.29) is 11.9 Å². The largest absolute Gasteiger partial charge is 0.309 e. The molecule has 1 amide bonds. The SMILES string of the molecule is Cc1c(N2C(=O)CC(C3CC3)[C@@H]2C)ccc(C#N)c1Cl. The first-order valence-electron chi connectivity index (χ1n) is 7.06. The van der Waals surface area contributed by atoms with Gasteiger partial charge in [-0.15, -0.1) is 0 Å². The van der Waals surface area contributed by atoms with E-state index in [2.05, 4.69) is 13.0 Å². The number of hydrogen-bond acceptors (Lipinski definition) is 2. The predicted octanol–water partition coefficient (Wildman–Crippen LogP) is 3.67. The maximum Gasteiger partial charge on any atom is 0.227 e. The molecule has 3 rings (SSSR count). The fourth-order valence-corrected chi connectivity index (χ4v) is 3.55. The Morgan fingerprint density at radius 3 is 2.70 bits per heavy atom. The first-order valence-corrected chi connectivity index (χ1v) is 7.43. The molecule has 0 bridgehead atoms. The van der Waals surface area contributed by atoms with Crippen molar-refractivity contribution in [2.24, 2.45) is 11.8 Å². The molecule has 1 aliphatic heterocycles. The monoisotopic (exact) mass is 288 g/mol. The third-order valence-corrected chi connectivity index (χ3v) is 5.16. The molecular weight excluding hydrogens is 272 g/mol. The summed E-state index contributed by atoms with van der Waals surface area (Å²) in [5.41, 5.74) is 2.14. The minimum atomic E-state index is 0.179. The van der Waals surface area contributed by atoms with E-state index in [1.54, 1.807) is 6.07 Å². The normalized spacial score (nSPS) is 25.9. The Hall–Kier alpha value is -1.53. The molecule has 1 saturated carbocycles. The minimum Gasteiger partial charge on any atom is -0.309 e. The van der Waals surface area contributed by atoms with Crippen LogP contribution >= 0.6 is 11.6 Å². The van der Waals surface area contributed by atoms with Gasteiger partial charge in [-0.1, -0.05) is 11.6 Å². The molecule has 0 spiro atoms. The molecular formula is C16H17ClN2O. The second-order valence-corrected chi connectivity index (χ2v) is 6.27. The van der Waals surface area contributed by atoms with Crippen molar-refractivity contribution in [3.8, 4) is 6.07 Å². The molecule has 1 saturated heterocycles. The van der Waals surface area contributed by atoms with Crippen molar-refractivity contribution in [1.82, 2.24) is 0 Å². The molecule has 0 aromatic heterocycles. The van der Waals surface area contributed by atoms with E-state index in [1.165, 1.54) is 12.8 Å². The van der Waals surface area contributed by atoms with Crippen LogP contribution in [0.15, 0.2) is 12.1 Å². The molecule has 1 aromatic carbocycles. The van der Waals surface area contributed by atoms with Crippen molar-refractivity contribution in [3.63, 3.8) is 0 Å². The molecule has 20 heavy (non-hydrogen) atoms. The third-order valence-electron chi connectivity index (χ3n) is 4.67. The Morgan fingerprint density at radius 2 is 2.10 bits per heavy atom. The number of halogens is 1. The molecule has 1 aliphatic carbocycles. The highest BCUT2D eigenvalue weighted by molar-refractivity contribution is 6.33. The smallest absolute Gasteiger partial charge is 0.227 e. The summed E-state index contributed by atoms with van der Waals surface area (Å²) in [6.07, 6.45) is 3.15. The molecule has 104 valence electrons. The van der Waals surface area contributed by atoms with Crippen molar-refractivity contribution in [2.45, 2.75) is 39.2 Å². The van der Waals surface area contributed by atoms with Crippen LogP contribution in [0.5, 0.6) is 0 Å². The van der Waals surface area contributed by atoms with Gasteiger partial charge in [0.25, 0.3) is 0 Å². The Bertz CT molecular complexity index is 616. The summed E-state index contributed by atoms with van der Waals surface area (Å²) in [6.45, 7) is 4.00. The molecule has 2 fully saturated rings. The third kappa shape index (κ3) is 1.99. The standard InChI is InChI=1S/C16H17ClN2O/c1-9-14(6-5-12(8-18)16(9)17)19-10(2)13(7-15(19)20)11-3-4-11/h5-6,10-11,13H,3-4,7H2,1-2H3/t10-,13?/m0/s1. The van der Waals surface area contributed by atoms with Gasteiger partial charge in [-0.25, -0.2) is 0 Å². The van der Waals surface area contributed by atoms with Crippen LogP contribution < -0.4 is 4.90 Å². The highest BCUT2D eigenvalue weighted by atomic mass is 35.5. The quantitative estimate of drug-likeness (QED) is 0.833. The molecule has 3 nitrogen and oxygen atoms in total. The Labute approximate surface area is 124 Å². The van der Waals surface area contributed by atoms with Crippen LogP contribution in [0.2, 0.25) is 5.02 Å². The highest BCUT2D eigenvalue weighted by Crippen LogP contribution is 2.46. The molecule has 1 heterocycles. The van der Waals surface area contributed by atoms with Gasteiger partial charge < -0.3 is 4.90 Å². The summed E-state index contributed by atoms with van der Waals surface area (Å²) in [5, 5.41) is 9.47. The lowest BCUT2D eigenvalue weighted by Gasteiger charge is -2.27. The second kappa shape index (κ2) is 4.79. The Balaban J connectivity index is 1.99. The van der Waals surface area contributed by atoms with Crippen LogP contribution in [0.25, 0.3) is 0 Å². The number of nitrogens with zero attached hydrogens (tertiary/aromatic N) is 2. The maximum absolute atomic E-state index is 12.4. The Morgan fingerprint density at radius 1 is 1.40 bits per heavy atom. The lowest BCUT2D eigenvalue weighted by Crippen LogP contribution is -2.34. The lowest BCUT2D eigenvalue weighted by atomic mass is 9.96. The van der Waals surface area contributed by atoms with Crippen LogP contribution in [-0.4, -0.2) is 11.9 Å². The number of nitriles is 1. The number of anilines is 1. The summed E-state index contributed by atoms with van der Waals surface area (Å²) in [6, 6.07) is 5.85. The fourth-order valence-electron chi connectivity index (χ4n) is 3.35. The molecule has 0 radical (unpaired) electrons. The van der Waals surface area contributed by atoms with Crippen LogP contribution in [0, 0.1) is 30.1 Å². The average molecular weight is 289 g/mol. The summed E-state index contributed by atoms with van der Waals surface area (Å²) >= 11 is 6.22. The molecule has 1 unspecified atom stereocenters. The molecule has 4 heteroatoms. The second-order valence-electron chi connectivity index (χ2n) is 5.89.